The lowest BCUT2D eigenvalue weighted by atomic mass is 9.67. The SMILES string of the molecule is CCOC(=O)[C@]1(Cc2ccc([N+](=O)[O-])cc2)CCc2ccccc2C1=O. The van der Waals surface area contributed by atoms with Crippen LogP contribution in [0.3, 0.4) is 0 Å². The van der Waals surface area contributed by atoms with Gasteiger partial charge >= 0.3 is 5.97 Å². The van der Waals surface area contributed by atoms with Gasteiger partial charge in [-0.3, -0.25) is 19.7 Å². The molecule has 6 heteroatoms. The molecule has 0 aliphatic heterocycles. The number of carbonyl (C=O) groups is 2. The molecule has 0 bridgehead atoms. The van der Waals surface area contributed by atoms with E-state index in [4.69, 9.17) is 4.74 Å². The third-order valence-electron chi connectivity index (χ3n) is 4.84. The van der Waals surface area contributed by atoms with Crippen molar-refractivity contribution in [3.8, 4) is 0 Å². The van der Waals surface area contributed by atoms with Gasteiger partial charge in [0.1, 0.15) is 5.41 Å². The molecular weight excluding hydrogens is 334 g/mol. The second-order valence-corrected chi connectivity index (χ2v) is 6.39. The van der Waals surface area contributed by atoms with Crippen molar-refractivity contribution in [2.75, 3.05) is 6.61 Å². The summed E-state index contributed by atoms with van der Waals surface area (Å²) in [6.45, 7) is 1.90. The predicted molar refractivity (Wildman–Crippen MR) is 95.0 cm³/mol. The van der Waals surface area contributed by atoms with Crippen LogP contribution in [0.25, 0.3) is 0 Å². The van der Waals surface area contributed by atoms with E-state index in [1.54, 1.807) is 31.2 Å². The summed E-state index contributed by atoms with van der Waals surface area (Å²) in [5.41, 5.74) is 0.853. The molecule has 0 unspecified atom stereocenters. The van der Waals surface area contributed by atoms with Crippen molar-refractivity contribution in [3.63, 3.8) is 0 Å². The molecule has 3 rings (SSSR count). The number of hydrogen-bond acceptors (Lipinski definition) is 5. The molecule has 0 heterocycles. The smallest absolute Gasteiger partial charge is 0.320 e. The molecule has 0 saturated carbocycles. The quantitative estimate of drug-likeness (QED) is 0.355. The van der Waals surface area contributed by atoms with Crippen molar-refractivity contribution in [1.29, 1.82) is 0 Å². The summed E-state index contributed by atoms with van der Waals surface area (Å²) in [4.78, 5) is 36.3. The molecule has 134 valence electrons. The number of fused-ring (bicyclic) bond motifs is 1. The number of carbonyl (C=O) groups excluding carboxylic acids is 2. The Morgan fingerprint density at radius 1 is 1.19 bits per heavy atom. The Bertz CT molecular complexity index is 859. The van der Waals surface area contributed by atoms with Crippen LogP contribution in [0.5, 0.6) is 0 Å². The fourth-order valence-corrected chi connectivity index (χ4v) is 3.47. The number of aryl methyl sites for hydroxylation is 1. The van der Waals surface area contributed by atoms with E-state index in [0.29, 0.717) is 24.0 Å². The number of non-ortho nitro benzene ring substituents is 1. The number of nitro groups is 1. The van der Waals surface area contributed by atoms with Crippen LogP contribution in [0.2, 0.25) is 0 Å². The topological polar surface area (TPSA) is 86.5 Å². The van der Waals surface area contributed by atoms with Crippen molar-refractivity contribution in [2.45, 2.75) is 26.2 Å². The van der Waals surface area contributed by atoms with Gasteiger partial charge in [-0.05, 0) is 37.3 Å². The summed E-state index contributed by atoms with van der Waals surface area (Å²) in [7, 11) is 0. The largest absolute Gasteiger partial charge is 0.465 e. The summed E-state index contributed by atoms with van der Waals surface area (Å²) in [6, 6.07) is 13.2. The standard InChI is InChI=1S/C20H19NO5/c1-2-26-19(23)20(13-14-7-9-16(10-8-14)21(24)25)12-11-15-5-3-4-6-17(15)18(20)22/h3-10H,2,11-13H2,1H3/t20-/m0/s1. The van der Waals surface area contributed by atoms with Crippen molar-refractivity contribution in [2.24, 2.45) is 5.41 Å². The van der Waals surface area contributed by atoms with Gasteiger partial charge in [-0.2, -0.15) is 0 Å². The lowest BCUT2D eigenvalue weighted by molar-refractivity contribution is -0.384. The van der Waals surface area contributed by atoms with Gasteiger partial charge in [0, 0.05) is 17.7 Å². The molecule has 0 radical (unpaired) electrons. The van der Waals surface area contributed by atoms with E-state index in [-0.39, 0.29) is 24.5 Å². The summed E-state index contributed by atoms with van der Waals surface area (Å²) in [6.07, 6.45) is 1.13. The van der Waals surface area contributed by atoms with Gasteiger partial charge < -0.3 is 4.74 Å². The lowest BCUT2D eigenvalue weighted by Gasteiger charge is -2.34. The highest BCUT2D eigenvalue weighted by molar-refractivity contribution is 6.14. The Morgan fingerprint density at radius 3 is 2.54 bits per heavy atom. The molecule has 0 aromatic heterocycles. The zero-order valence-corrected chi connectivity index (χ0v) is 14.4. The summed E-state index contributed by atoms with van der Waals surface area (Å²) in [5.74, 6) is -0.769. The zero-order valence-electron chi connectivity index (χ0n) is 14.4. The molecule has 2 aromatic carbocycles. The van der Waals surface area contributed by atoms with Crippen LogP contribution in [0.1, 0.15) is 34.8 Å². The highest BCUT2D eigenvalue weighted by atomic mass is 16.6. The molecule has 2 aromatic rings. The Labute approximate surface area is 150 Å². The molecule has 0 spiro atoms. The molecule has 1 atom stereocenters. The van der Waals surface area contributed by atoms with Crippen molar-refractivity contribution in [3.05, 3.63) is 75.3 Å². The highest BCUT2D eigenvalue weighted by Crippen LogP contribution is 2.39. The van der Waals surface area contributed by atoms with E-state index in [0.717, 1.165) is 5.56 Å². The van der Waals surface area contributed by atoms with Crippen LogP contribution in [-0.4, -0.2) is 23.3 Å². The molecule has 1 aliphatic carbocycles. The number of ketones is 1. The average molecular weight is 353 g/mol. The minimum Gasteiger partial charge on any atom is -0.465 e. The molecule has 0 fully saturated rings. The molecule has 0 amide bonds. The summed E-state index contributed by atoms with van der Waals surface area (Å²) in [5, 5.41) is 10.8. The Balaban J connectivity index is 1.99. The second-order valence-electron chi connectivity index (χ2n) is 6.39. The van der Waals surface area contributed by atoms with Gasteiger partial charge in [0.05, 0.1) is 11.5 Å². The van der Waals surface area contributed by atoms with Gasteiger partial charge in [-0.1, -0.05) is 36.4 Å². The number of hydrogen-bond donors (Lipinski definition) is 0. The Hall–Kier alpha value is -3.02. The van der Waals surface area contributed by atoms with Crippen LogP contribution in [0, 0.1) is 15.5 Å². The minimum absolute atomic E-state index is 0.0285. The molecule has 26 heavy (non-hydrogen) atoms. The maximum Gasteiger partial charge on any atom is 0.320 e. The van der Waals surface area contributed by atoms with Crippen LogP contribution in [-0.2, 0) is 22.4 Å². The maximum atomic E-state index is 13.2. The Kier molecular flexibility index (Phi) is 4.84. The van der Waals surface area contributed by atoms with E-state index < -0.39 is 16.3 Å². The summed E-state index contributed by atoms with van der Waals surface area (Å²) >= 11 is 0. The van der Waals surface area contributed by atoms with Crippen LogP contribution in [0.4, 0.5) is 5.69 Å². The van der Waals surface area contributed by atoms with Gasteiger partial charge in [0.2, 0.25) is 0 Å². The third-order valence-corrected chi connectivity index (χ3v) is 4.84. The first-order valence-electron chi connectivity index (χ1n) is 8.51. The zero-order chi connectivity index (χ0) is 18.7. The van der Waals surface area contributed by atoms with Gasteiger partial charge in [0.15, 0.2) is 5.78 Å². The monoisotopic (exact) mass is 353 g/mol. The molecule has 1 aliphatic rings. The average Bonchev–Trinajstić information content (AvgIpc) is 2.65. The van der Waals surface area contributed by atoms with E-state index in [2.05, 4.69) is 0 Å². The fourth-order valence-electron chi connectivity index (χ4n) is 3.47. The first-order chi connectivity index (χ1) is 12.5. The van der Waals surface area contributed by atoms with E-state index in [1.807, 2.05) is 12.1 Å². The lowest BCUT2D eigenvalue weighted by Crippen LogP contribution is -2.45. The first-order valence-corrected chi connectivity index (χ1v) is 8.51. The van der Waals surface area contributed by atoms with E-state index in [9.17, 15) is 19.7 Å². The highest BCUT2D eigenvalue weighted by Gasteiger charge is 2.49. The Morgan fingerprint density at radius 2 is 1.88 bits per heavy atom. The van der Waals surface area contributed by atoms with E-state index in [1.165, 1.54) is 12.1 Å². The van der Waals surface area contributed by atoms with Crippen LogP contribution < -0.4 is 0 Å². The summed E-state index contributed by atoms with van der Waals surface area (Å²) < 4.78 is 5.24. The number of nitrogens with zero attached hydrogens (tertiary/aromatic N) is 1. The number of Topliss-reactive ketones (excluding diaryl/α,β-unsaturated/α-hetero) is 1. The predicted octanol–water partition coefficient (Wildman–Crippen LogP) is 3.52. The third kappa shape index (κ3) is 3.10. The maximum absolute atomic E-state index is 13.2. The van der Waals surface area contributed by atoms with Crippen molar-refractivity contribution >= 4 is 17.4 Å². The fraction of sp³-hybridized carbons (Fsp3) is 0.300. The molecular formula is C20H19NO5. The molecule has 6 nitrogen and oxygen atoms in total. The molecule has 0 N–H and O–H groups in total. The van der Waals surface area contributed by atoms with Gasteiger partial charge in [0.25, 0.3) is 5.69 Å². The van der Waals surface area contributed by atoms with Gasteiger partial charge in [-0.15, -0.1) is 0 Å². The normalized spacial score (nSPS) is 18.9. The van der Waals surface area contributed by atoms with E-state index >= 15 is 0 Å². The number of esters is 1. The number of ether oxygens (including phenoxy) is 1. The van der Waals surface area contributed by atoms with Crippen molar-refractivity contribution in [1.82, 2.24) is 0 Å². The number of rotatable bonds is 5. The van der Waals surface area contributed by atoms with Crippen molar-refractivity contribution < 1.29 is 19.2 Å². The van der Waals surface area contributed by atoms with Crippen LogP contribution in [0.15, 0.2) is 48.5 Å². The van der Waals surface area contributed by atoms with Gasteiger partial charge in [-0.25, -0.2) is 0 Å². The second kappa shape index (κ2) is 7.07. The van der Waals surface area contributed by atoms with Crippen LogP contribution >= 0.6 is 0 Å². The molecule has 0 saturated heterocycles. The minimum atomic E-state index is -1.29. The number of benzene rings is 2. The number of nitro benzene ring substituents is 1. The first kappa shape index (κ1) is 17.8.